The Kier molecular flexibility index (Phi) is 6.25. The third-order valence-corrected chi connectivity index (χ3v) is 6.57. The molecule has 1 fully saturated rings. The maximum atomic E-state index is 12.9. The Morgan fingerprint density at radius 3 is 2.48 bits per heavy atom. The first-order chi connectivity index (χ1) is 16.1. The zero-order chi connectivity index (χ0) is 22.8. The van der Waals surface area contributed by atoms with E-state index in [0.29, 0.717) is 35.4 Å². The minimum absolute atomic E-state index is 0.00865. The molecule has 5 nitrogen and oxygen atoms in total. The van der Waals surface area contributed by atoms with E-state index in [2.05, 4.69) is 10.6 Å². The molecule has 0 saturated carbocycles. The molecule has 2 heterocycles. The van der Waals surface area contributed by atoms with E-state index in [9.17, 15) is 4.79 Å². The Balaban J connectivity index is 1.36. The van der Waals surface area contributed by atoms with Crippen molar-refractivity contribution in [1.29, 1.82) is 0 Å². The maximum absolute atomic E-state index is 12.9. The van der Waals surface area contributed by atoms with Gasteiger partial charge in [0.15, 0.2) is 0 Å². The lowest BCUT2D eigenvalue weighted by atomic mass is 10.1. The fourth-order valence-electron chi connectivity index (χ4n) is 4.39. The Morgan fingerprint density at radius 1 is 0.939 bits per heavy atom. The second-order valence-corrected chi connectivity index (χ2v) is 8.91. The summed E-state index contributed by atoms with van der Waals surface area (Å²) in [5, 5.41) is 1.19. The van der Waals surface area contributed by atoms with E-state index in [0.717, 1.165) is 35.5 Å². The molecule has 1 amide bonds. The van der Waals surface area contributed by atoms with E-state index < -0.39 is 0 Å². The van der Waals surface area contributed by atoms with Gasteiger partial charge in [0, 0.05) is 25.4 Å². The van der Waals surface area contributed by atoms with Gasteiger partial charge in [0.05, 0.1) is 33.4 Å². The maximum Gasteiger partial charge on any atom is 0.227 e. The van der Waals surface area contributed by atoms with Gasteiger partial charge in [0.25, 0.3) is 0 Å². The fraction of sp³-hybridized carbons (Fsp3) is 0.231. The topological polar surface area (TPSA) is 47.4 Å². The molecule has 1 aromatic heterocycles. The molecule has 1 unspecified atom stereocenters. The van der Waals surface area contributed by atoms with Gasteiger partial charge in [-0.15, -0.1) is 0 Å². The zero-order valence-corrected chi connectivity index (χ0v) is 19.5. The number of rotatable bonds is 7. The van der Waals surface area contributed by atoms with Crippen LogP contribution in [-0.2, 0) is 11.3 Å². The number of aryl methyl sites for hydroxylation is 1. The predicted molar refractivity (Wildman–Crippen MR) is 132 cm³/mol. The Hall–Kier alpha value is -3.02. The summed E-state index contributed by atoms with van der Waals surface area (Å²) in [6, 6.07) is 23.0. The molecule has 33 heavy (non-hydrogen) atoms. The highest BCUT2D eigenvalue weighted by Crippen LogP contribution is 2.36. The molecule has 1 saturated heterocycles. The van der Waals surface area contributed by atoms with Crippen molar-refractivity contribution in [1.82, 2.24) is 9.55 Å². The van der Waals surface area contributed by atoms with Crippen LogP contribution < -0.4 is 9.64 Å². The zero-order valence-electron chi connectivity index (χ0n) is 18.0. The number of hydrogen-bond acceptors (Lipinski definition) is 3. The molecule has 7 heteroatoms. The number of halogens is 2. The summed E-state index contributed by atoms with van der Waals surface area (Å²) in [7, 11) is 0. The van der Waals surface area contributed by atoms with Gasteiger partial charge in [-0.05, 0) is 42.8 Å². The third-order valence-electron chi connectivity index (χ3n) is 5.94. The van der Waals surface area contributed by atoms with E-state index in [4.69, 9.17) is 32.9 Å². The normalized spacial score (nSPS) is 16.0. The molecule has 1 aliphatic heterocycles. The van der Waals surface area contributed by atoms with Crippen LogP contribution in [0.2, 0.25) is 10.0 Å². The molecule has 0 aliphatic carbocycles. The van der Waals surface area contributed by atoms with E-state index >= 15 is 0 Å². The number of amides is 1. The van der Waals surface area contributed by atoms with Crippen LogP contribution in [0.25, 0.3) is 11.0 Å². The molecule has 0 radical (unpaired) electrons. The van der Waals surface area contributed by atoms with Crippen molar-refractivity contribution in [3.8, 4) is 5.75 Å². The van der Waals surface area contributed by atoms with Crippen molar-refractivity contribution in [2.75, 3.05) is 18.1 Å². The summed E-state index contributed by atoms with van der Waals surface area (Å²) in [5.41, 5.74) is 2.75. The first kappa shape index (κ1) is 21.8. The molecule has 168 valence electrons. The lowest BCUT2D eigenvalue weighted by molar-refractivity contribution is -0.117. The minimum atomic E-state index is -0.00865. The Morgan fingerprint density at radius 2 is 1.67 bits per heavy atom. The fourth-order valence-corrected chi connectivity index (χ4v) is 4.82. The molecular formula is C26H23Cl2N3O2. The number of fused-ring (bicyclic) bond motifs is 1. The molecule has 0 N–H and O–H groups in total. The monoisotopic (exact) mass is 479 g/mol. The van der Waals surface area contributed by atoms with Crippen molar-refractivity contribution in [3.63, 3.8) is 0 Å². The van der Waals surface area contributed by atoms with Crippen LogP contribution in [0.4, 0.5) is 5.69 Å². The molecule has 4 aromatic rings. The summed E-state index contributed by atoms with van der Waals surface area (Å²) < 4.78 is 8.10. The van der Waals surface area contributed by atoms with E-state index in [-0.39, 0.29) is 11.8 Å². The highest BCUT2D eigenvalue weighted by molar-refractivity contribution is 6.34. The number of nitrogens with zero attached hydrogens (tertiary/aromatic N) is 3. The molecule has 5 rings (SSSR count). The second kappa shape index (κ2) is 9.46. The summed E-state index contributed by atoms with van der Waals surface area (Å²) >= 11 is 12.6. The number of imidazole rings is 1. The summed E-state index contributed by atoms with van der Waals surface area (Å²) in [5.74, 6) is 1.67. The van der Waals surface area contributed by atoms with Gasteiger partial charge in [0.1, 0.15) is 11.6 Å². The molecule has 0 bridgehead atoms. The number of ether oxygens (including phenoxy) is 1. The van der Waals surface area contributed by atoms with Crippen LogP contribution >= 0.6 is 23.2 Å². The summed E-state index contributed by atoms with van der Waals surface area (Å²) in [6.07, 6.45) is 1.19. The number of hydrogen-bond donors (Lipinski definition) is 0. The smallest absolute Gasteiger partial charge is 0.227 e. The first-order valence-corrected chi connectivity index (χ1v) is 11.7. The van der Waals surface area contributed by atoms with Crippen LogP contribution in [-0.4, -0.2) is 28.6 Å². The third kappa shape index (κ3) is 4.43. The molecule has 1 aliphatic rings. The largest absolute Gasteiger partial charge is 0.492 e. The Bertz CT molecular complexity index is 1300. The van der Waals surface area contributed by atoms with Gasteiger partial charge in [-0.1, -0.05) is 59.6 Å². The number of benzene rings is 3. The van der Waals surface area contributed by atoms with Crippen LogP contribution in [0.3, 0.4) is 0 Å². The van der Waals surface area contributed by atoms with E-state index in [1.165, 1.54) is 0 Å². The van der Waals surface area contributed by atoms with E-state index in [1.54, 1.807) is 4.90 Å². The van der Waals surface area contributed by atoms with Crippen LogP contribution in [0.1, 0.15) is 24.6 Å². The first-order valence-electron chi connectivity index (χ1n) is 11.0. The van der Waals surface area contributed by atoms with Crippen molar-refractivity contribution in [2.24, 2.45) is 0 Å². The number of aromatic nitrogens is 2. The highest BCUT2D eigenvalue weighted by atomic mass is 35.5. The Labute approximate surface area is 202 Å². The standard InChI is InChI=1S/C26H23Cl2N3O2/c27-19-8-1-4-11-22(19)31-17-18(16-25(31)32)26-29-21-10-3-5-12-23(21)30(26)14-7-15-33-24-13-6-2-9-20(24)28/h1-6,8-13,18H,7,14-17H2. The number of carbonyl (C=O) groups excluding carboxylic acids is 1. The molecule has 3 aromatic carbocycles. The van der Waals surface area contributed by atoms with Gasteiger partial charge >= 0.3 is 0 Å². The molecular weight excluding hydrogens is 457 g/mol. The predicted octanol–water partition coefficient (Wildman–Crippen LogP) is 6.33. The van der Waals surface area contributed by atoms with Crippen molar-refractivity contribution >= 4 is 45.8 Å². The molecule has 0 spiro atoms. The van der Waals surface area contributed by atoms with Gasteiger partial charge in [-0.25, -0.2) is 4.98 Å². The SMILES string of the molecule is O=C1CC(c2nc3ccccc3n2CCCOc2ccccc2Cl)CN1c1ccccc1Cl. The average Bonchev–Trinajstić information content (AvgIpc) is 3.38. The van der Waals surface area contributed by atoms with Crippen LogP contribution in [0.5, 0.6) is 5.75 Å². The number of carbonyl (C=O) groups is 1. The van der Waals surface area contributed by atoms with Gasteiger partial charge in [-0.2, -0.15) is 0 Å². The van der Waals surface area contributed by atoms with Crippen molar-refractivity contribution < 1.29 is 9.53 Å². The van der Waals surface area contributed by atoms with Crippen molar-refractivity contribution in [3.05, 3.63) is 88.7 Å². The van der Waals surface area contributed by atoms with Gasteiger partial charge in [-0.3, -0.25) is 4.79 Å². The second-order valence-electron chi connectivity index (χ2n) is 8.10. The summed E-state index contributed by atoms with van der Waals surface area (Å²) in [4.78, 5) is 19.6. The van der Waals surface area contributed by atoms with Crippen molar-refractivity contribution in [2.45, 2.75) is 25.3 Å². The van der Waals surface area contributed by atoms with Gasteiger partial charge in [0.2, 0.25) is 5.91 Å². The van der Waals surface area contributed by atoms with Gasteiger partial charge < -0.3 is 14.2 Å². The molecule has 1 atom stereocenters. The van der Waals surface area contributed by atoms with E-state index in [1.807, 2.05) is 66.7 Å². The lowest BCUT2D eigenvalue weighted by Gasteiger charge is -2.18. The average molecular weight is 480 g/mol. The highest BCUT2D eigenvalue weighted by Gasteiger charge is 2.35. The number of anilines is 1. The summed E-state index contributed by atoms with van der Waals surface area (Å²) in [6.45, 7) is 1.82. The minimum Gasteiger partial charge on any atom is -0.492 e. The van der Waals surface area contributed by atoms with Crippen LogP contribution in [0.15, 0.2) is 72.8 Å². The van der Waals surface area contributed by atoms with Crippen LogP contribution in [0, 0.1) is 0 Å². The quantitative estimate of drug-likeness (QED) is 0.291. The number of para-hydroxylation sites is 4. The lowest BCUT2D eigenvalue weighted by Crippen LogP contribution is -2.24.